The van der Waals surface area contributed by atoms with E-state index in [0.29, 0.717) is 44.7 Å². The van der Waals surface area contributed by atoms with E-state index in [-0.39, 0.29) is 0 Å². The highest BCUT2D eigenvalue weighted by molar-refractivity contribution is 5.68. The number of alkyl carbamates (subject to hydrolysis) is 2. The molecule has 10 nitrogen and oxygen atoms in total. The minimum atomic E-state index is -0.517. The fourth-order valence-corrected chi connectivity index (χ4v) is 3.06. The number of rotatable bonds is 14. The second kappa shape index (κ2) is 12.9. The number of carbonyl (C=O) groups excluding carboxylic acids is 2. The lowest BCUT2D eigenvalue weighted by Crippen LogP contribution is -2.41. The third-order valence-electron chi connectivity index (χ3n) is 4.61. The molecule has 0 spiro atoms. The van der Waals surface area contributed by atoms with Crippen molar-refractivity contribution >= 4 is 12.2 Å². The van der Waals surface area contributed by atoms with Gasteiger partial charge in [0.05, 0.1) is 0 Å². The molecule has 1 fully saturated rings. The van der Waals surface area contributed by atoms with E-state index in [4.69, 9.17) is 15.2 Å². The van der Waals surface area contributed by atoms with E-state index in [1.165, 1.54) is 0 Å². The Bertz CT molecular complexity index is 524. The van der Waals surface area contributed by atoms with E-state index in [1.807, 2.05) is 34.6 Å². The zero-order chi connectivity index (χ0) is 22.6. The van der Waals surface area contributed by atoms with Gasteiger partial charge < -0.3 is 41.8 Å². The average Bonchev–Trinajstić information content (AvgIpc) is 3.39. The first-order chi connectivity index (χ1) is 14.0. The molecule has 1 saturated carbocycles. The fraction of sp³-hybridized carbons (Fsp3) is 0.900. The van der Waals surface area contributed by atoms with Crippen molar-refractivity contribution in [1.82, 2.24) is 26.6 Å². The molecule has 1 aliphatic rings. The van der Waals surface area contributed by atoms with Crippen molar-refractivity contribution in [2.24, 2.45) is 11.7 Å². The molecule has 0 bridgehead atoms. The Morgan fingerprint density at radius 2 is 1.37 bits per heavy atom. The summed E-state index contributed by atoms with van der Waals surface area (Å²) in [6.07, 6.45) is 0.153. The molecule has 0 aliphatic heterocycles. The summed E-state index contributed by atoms with van der Waals surface area (Å²) in [5.41, 5.74) is 4.42. The lowest BCUT2D eigenvalue weighted by molar-refractivity contribution is 0.0203. The summed E-state index contributed by atoms with van der Waals surface area (Å²) < 4.78 is 10.8. The summed E-state index contributed by atoms with van der Waals surface area (Å²) in [5.74, 6) is 0.315. The van der Waals surface area contributed by atoms with Gasteiger partial charge in [-0.1, -0.05) is 0 Å². The summed E-state index contributed by atoms with van der Waals surface area (Å²) in [4.78, 5) is 23.6. The topological polar surface area (TPSA) is 139 Å². The van der Waals surface area contributed by atoms with E-state index in [1.54, 1.807) is 0 Å². The summed E-state index contributed by atoms with van der Waals surface area (Å²) in [5, 5.41) is 15.3. The molecule has 1 aliphatic carbocycles. The highest BCUT2D eigenvalue weighted by Gasteiger charge is 2.49. The van der Waals surface area contributed by atoms with Crippen LogP contribution in [0.3, 0.4) is 0 Å². The molecule has 0 aromatic carbocycles. The molecule has 2 atom stereocenters. The molecule has 0 aromatic rings. The molecule has 0 heterocycles. The largest absolute Gasteiger partial charge is 0.444 e. The van der Waals surface area contributed by atoms with E-state index >= 15 is 0 Å². The van der Waals surface area contributed by atoms with Crippen LogP contribution in [0.2, 0.25) is 0 Å². The van der Waals surface area contributed by atoms with Crippen LogP contribution >= 0.6 is 0 Å². The SMILES string of the molecule is CC(C)(C)OC(=O)NCCNCCNC(=O)OC(C)(C)[C@H]1CC1NCCNCCN. The Morgan fingerprint density at radius 1 is 0.833 bits per heavy atom. The van der Waals surface area contributed by atoms with Crippen molar-refractivity contribution in [2.75, 3.05) is 52.4 Å². The number of nitrogens with one attached hydrogen (secondary N) is 5. The second-order valence-electron chi connectivity index (χ2n) is 9.04. The van der Waals surface area contributed by atoms with Crippen LogP contribution in [0.5, 0.6) is 0 Å². The van der Waals surface area contributed by atoms with Crippen LogP contribution in [0.1, 0.15) is 41.0 Å². The minimum Gasteiger partial charge on any atom is -0.444 e. The first-order valence-electron chi connectivity index (χ1n) is 10.8. The van der Waals surface area contributed by atoms with Gasteiger partial charge in [-0.2, -0.15) is 0 Å². The van der Waals surface area contributed by atoms with Crippen LogP contribution in [0, 0.1) is 5.92 Å². The van der Waals surface area contributed by atoms with Crippen molar-refractivity contribution in [3.05, 3.63) is 0 Å². The Hall–Kier alpha value is -1.62. The Labute approximate surface area is 180 Å². The smallest absolute Gasteiger partial charge is 0.407 e. The van der Waals surface area contributed by atoms with Crippen molar-refractivity contribution in [2.45, 2.75) is 58.3 Å². The van der Waals surface area contributed by atoms with Gasteiger partial charge in [0.2, 0.25) is 0 Å². The summed E-state index contributed by atoms with van der Waals surface area (Å²) in [7, 11) is 0. The van der Waals surface area contributed by atoms with Crippen LogP contribution in [0.4, 0.5) is 9.59 Å². The second-order valence-corrected chi connectivity index (χ2v) is 9.04. The van der Waals surface area contributed by atoms with Crippen molar-refractivity contribution in [3.63, 3.8) is 0 Å². The number of amides is 2. The van der Waals surface area contributed by atoms with Gasteiger partial charge >= 0.3 is 12.2 Å². The van der Waals surface area contributed by atoms with E-state index in [9.17, 15) is 9.59 Å². The predicted octanol–water partition coefficient (Wildman–Crippen LogP) is 0.132. The van der Waals surface area contributed by atoms with Gasteiger partial charge in [-0.25, -0.2) is 9.59 Å². The molecule has 1 unspecified atom stereocenters. The molecule has 1 rings (SSSR count). The number of hydrogen-bond donors (Lipinski definition) is 6. The quantitative estimate of drug-likeness (QED) is 0.214. The first-order valence-corrected chi connectivity index (χ1v) is 10.8. The van der Waals surface area contributed by atoms with Crippen LogP contribution in [0.15, 0.2) is 0 Å². The van der Waals surface area contributed by atoms with Crippen LogP contribution < -0.4 is 32.3 Å². The van der Waals surface area contributed by atoms with E-state index in [0.717, 1.165) is 26.1 Å². The summed E-state index contributed by atoms with van der Waals surface area (Å²) in [6, 6.07) is 0.381. The predicted molar refractivity (Wildman–Crippen MR) is 117 cm³/mol. The standard InChI is InChI=1S/C20H42N6O4/c1-19(2,3)29-17(27)25-12-9-23-10-13-26-18(28)30-20(4,5)15-14-16(15)24-11-8-22-7-6-21/h15-16,22-24H,6-14,21H2,1-5H3,(H,25,27)(H,26,28)/t15-,16?/m0/s1. The maximum absolute atomic E-state index is 12.1. The monoisotopic (exact) mass is 430 g/mol. The zero-order valence-corrected chi connectivity index (χ0v) is 19.2. The Morgan fingerprint density at radius 3 is 1.93 bits per heavy atom. The molecule has 0 saturated heterocycles. The molecule has 30 heavy (non-hydrogen) atoms. The molecule has 176 valence electrons. The summed E-state index contributed by atoms with van der Waals surface area (Å²) >= 11 is 0. The highest BCUT2D eigenvalue weighted by atomic mass is 16.6. The molecule has 0 radical (unpaired) electrons. The number of nitrogens with two attached hydrogens (primary N) is 1. The normalized spacial score (nSPS) is 18.6. The third kappa shape index (κ3) is 12.2. The molecular weight excluding hydrogens is 388 g/mol. The van der Waals surface area contributed by atoms with Crippen molar-refractivity contribution in [3.8, 4) is 0 Å². The van der Waals surface area contributed by atoms with Crippen molar-refractivity contribution < 1.29 is 19.1 Å². The molecule has 2 amide bonds. The Balaban J connectivity index is 2.05. The van der Waals surface area contributed by atoms with E-state index < -0.39 is 23.4 Å². The van der Waals surface area contributed by atoms with Crippen molar-refractivity contribution in [1.29, 1.82) is 0 Å². The van der Waals surface area contributed by atoms with Crippen LogP contribution in [-0.4, -0.2) is 81.8 Å². The van der Waals surface area contributed by atoms with Crippen LogP contribution in [-0.2, 0) is 9.47 Å². The van der Waals surface area contributed by atoms with Gasteiger partial charge in [0.25, 0.3) is 0 Å². The van der Waals surface area contributed by atoms with Gasteiger partial charge in [0.15, 0.2) is 0 Å². The zero-order valence-electron chi connectivity index (χ0n) is 19.2. The van der Waals surface area contributed by atoms with Gasteiger partial charge in [-0.15, -0.1) is 0 Å². The maximum atomic E-state index is 12.1. The van der Waals surface area contributed by atoms with Crippen LogP contribution in [0.25, 0.3) is 0 Å². The third-order valence-corrected chi connectivity index (χ3v) is 4.61. The van der Waals surface area contributed by atoms with Gasteiger partial charge in [-0.3, -0.25) is 0 Å². The molecule has 0 aromatic heterocycles. The first kappa shape index (κ1) is 26.4. The summed E-state index contributed by atoms with van der Waals surface area (Å²) in [6.45, 7) is 14.6. The lowest BCUT2D eigenvalue weighted by atomic mass is 10.0. The molecule has 10 heteroatoms. The number of ether oxygens (including phenoxy) is 2. The van der Waals surface area contributed by atoms with Gasteiger partial charge in [0, 0.05) is 64.3 Å². The lowest BCUT2D eigenvalue weighted by Gasteiger charge is -2.26. The molecule has 7 N–H and O–H groups in total. The average molecular weight is 431 g/mol. The molecular formula is C20H42N6O4. The Kier molecular flexibility index (Phi) is 11.4. The minimum absolute atomic E-state index is 0.315. The number of carbonyl (C=O) groups is 2. The number of hydrogen-bond acceptors (Lipinski definition) is 8. The van der Waals surface area contributed by atoms with Gasteiger partial charge in [0.1, 0.15) is 11.2 Å². The highest BCUT2D eigenvalue weighted by Crippen LogP contribution is 2.42. The van der Waals surface area contributed by atoms with E-state index in [2.05, 4.69) is 26.6 Å². The van der Waals surface area contributed by atoms with Gasteiger partial charge in [-0.05, 0) is 41.0 Å². The maximum Gasteiger partial charge on any atom is 0.407 e. The fourth-order valence-electron chi connectivity index (χ4n) is 3.06.